The van der Waals surface area contributed by atoms with Crippen LogP contribution in [0.3, 0.4) is 0 Å². The van der Waals surface area contributed by atoms with Gasteiger partial charge in [0.2, 0.25) is 15.2 Å². The van der Waals surface area contributed by atoms with Gasteiger partial charge in [-0.15, -0.1) is 22.0 Å². The van der Waals surface area contributed by atoms with Gasteiger partial charge in [-0.2, -0.15) is 0 Å². The average molecular weight is 559 g/mol. The summed E-state index contributed by atoms with van der Waals surface area (Å²) in [6.45, 7) is 2.07. The van der Waals surface area contributed by atoms with Crippen LogP contribution in [-0.2, 0) is 22.2 Å². The molecule has 11 heteroatoms. The third kappa shape index (κ3) is 7.14. The molecule has 186 valence electrons. The van der Waals surface area contributed by atoms with Gasteiger partial charge in [-0.1, -0.05) is 64.9 Å². The van der Waals surface area contributed by atoms with Crippen molar-refractivity contribution in [2.45, 2.75) is 28.9 Å². The van der Waals surface area contributed by atoms with E-state index >= 15 is 0 Å². The summed E-state index contributed by atoms with van der Waals surface area (Å²) in [5.41, 5.74) is 2.63. The second-order valence-electron chi connectivity index (χ2n) is 7.83. The number of amides is 1. The van der Waals surface area contributed by atoms with E-state index in [4.69, 9.17) is 11.6 Å². The van der Waals surface area contributed by atoms with Gasteiger partial charge in [-0.3, -0.25) is 10.1 Å². The van der Waals surface area contributed by atoms with Crippen LogP contribution in [0.15, 0.2) is 82.6 Å². The number of rotatable bonds is 10. The smallest absolute Gasteiger partial charge is 0.258 e. The molecule has 0 bridgehead atoms. The van der Waals surface area contributed by atoms with E-state index in [9.17, 15) is 13.2 Å². The van der Waals surface area contributed by atoms with E-state index in [0.29, 0.717) is 32.9 Å². The number of carbonyl (C=O) groups excluding carboxylic acids is 1. The predicted octanol–water partition coefficient (Wildman–Crippen LogP) is 5.57. The Morgan fingerprint density at radius 3 is 2.47 bits per heavy atom. The molecule has 7 nitrogen and oxygen atoms in total. The molecule has 0 atom stereocenters. The molecule has 2 N–H and O–H groups in total. The summed E-state index contributed by atoms with van der Waals surface area (Å²) in [6.07, 6.45) is 0.353. The third-order valence-electron chi connectivity index (χ3n) is 5.09. The zero-order chi connectivity index (χ0) is 25.5. The fourth-order valence-corrected chi connectivity index (χ4v) is 6.08. The summed E-state index contributed by atoms with van der Waals surface area (Å²) in [5, 5.41) is 12.6. The standard InChI is InChI=1S/C25H23ClN4O3S3/c1-17-6-12-20(13-7-17)36(32,33)27-15-14-23-29-30-25(35-23)28-24(31)21-4-2-3-5-22(21)34-16-18-8-10-19(26)11-9-18/h2-13,27H,14-16H2,1H3,(H,28,30,31). The van der Waals surface area contributed by atoms with Crippen LogP contribution in [0.25, 0.3) is 0 Å². The first-order chi connectivity index (χ1) is 17.3. The Bertz CT molecular complexity index is 1440. The molecular weight excluding hydrogens is 536 g/mol. The van der Waals surface area contributed by atoms with Crippen molar-refractivity contribution in [2.75, 3.05) is 11.9 Å². The van der Waals surface area contributed by atoms with E-state index in [0.717, 1.165) is 16.0 Å². The SMILES string of the molecule is Cc1ccc(S(=O)(=O)NCCc2nnc(NC(=O)c3ccccc3SCc3ccc(Cl)cc3)s2)cc1. The Hall–Kier alpha value is -2.76. The molecule has 0 saturated carbocycles. The van der Waals surface area contributed by atoms with E-state index in [-0.39, 0.29) is 17.3 Å². The number of nitrogens with zero attached hydrogens (tertiary/aromatic N) is 2. The highest BCUT2D eigenvalue weighted by atomic mass is 35.5. The van der Waals surface area contributed by atoms with Crippen molar-refractivity contribution in [1.29, 1.82) is 0 Å². The van der Waals surface area contributed by atoms with Gasteiger partial charge in [0.25, 0.3) is 5.91 Å². The van der Waals surface area contributed by atoms with Crippen LogP contribution in [0.5, 0.6) is 0 Å². The number of aryl methyl sites for hydroxylation is 1. The molecule has 0 saturated heterocycles. The fourth-order valence-electron chi connectivity index (χ4n) is 3.18. The molecule has 36 heavy (non-hydrogen) atoms. The number of benzene rings is 3. The highest BCUT2D eigenvalue weighted by Gasteiger charge is 2.16. The van der Waals surface area contributed by atoms with E-state index in [1.807, 2.05) is 49.4 Å². The first kappa shape index (κ1) is 26.3. The Kier molecular flexibility index (Phi) is 8.76. The van der Waals surface area contributed by atoms with Gasteiger partial charge in [0, 0.05) is 28.6 Å². The van der Waals surface area contributed by atoms with Crippen molar-refractivity contribution in [2.24, 2.45) is 0 Å². The topological polar surface area (TPSA) is 101 Å². The molecule has 1 heterocycles. The first-order valence-electron chi connectivity index (χ1n) is 11.0. The molecule has 1 aromatic heterocycles. The van der Waals surface area contributed by atoms with Gasteiger partial charge >= 0.3 is 0 Å². The number of hydrogen-bond acceptors (Lipinski definition) is 7. The number of aromatic nitrogens is 2. The van der Waals surface area contributed by atoms with E-state index in [1.54, 1.807) is 42.1 Å². The van der Waals surface area contributed by atoms with Crippen LogP contribution in [0.2, 0.25) is 5.02 Å². The quantitative estimate of drug-likeness (QED) is 0.247. The van der Waals surface area contributed by atoms with Crippen LogP contribution in [0.1, 0.15) is 26.5 Å². The van der Waals surface area contributed by atoms with Gasteiger partial charge in [0.05, 0.1) is 10.5 Å². The van der Waals surface area contributed by atoms with E-state index in [1.165, 1.54) is 11.3 Å². The van der Waals surface area contributed by atoms with Crippen molar-refractivity contribution in [3.05, 3.63) is 99.5 Å². The minimum absolute atomic E-state index is 0.170. The van der Waals surface area contributed by atoms with Crippen molar-refractivity contribution in [3.63, 3.8) is 0 Å². The highest BCUT2D eigenvalue weighted by Crippen LogP contribution is 2.28. The number of anilines is 1. The van der Waals surface area contributed by atoms with Crippen molar-refractivity contribution in [1.82, 2.24) is 14.9 Å². The summed E-state index contributed by atoms with van der Waals surface area (Å²) in [7, 11) is -3.60. The minimum Gasteiger partial charge on any atom is -0.296 e. The number of sulfonamides is 1. The first-order valence-corrected chi connectivity index (χ1v) is 14.6. The van der Waals surface area contributed by atoms with Crippen LogP contribution in [-0.4, -0.2) is 31.1 Å². The molecule has 0 radical (unpaired) electrons. The van der Waals surface area contributed by atoms with Crippen LogP contribution in [0, 0.1) is 6.92 Å². The molecule has 1 amide bonds. The summed E-state index contributed by atoms with van der Waals surface area (Å²) in [6, 6.07) is 21.6. The molecule has 0 aliphatic rings. The summed E-state index contributed by atoms with van der Waals surface area (Å²) >= 11 is 8.73. The van der Waals surface area contributed by atoms with Gasteiger partial charge in [0.1, 0.15) is 5.01 Å². The zero-order valence-corrected chi connectivity index (χ0v) is 22.5. The van der Waals surface area contributed by atoms with Crippen LogP contribution >= 0.6 is 34.7 Å². The Balaban J connectivity index is 1.32. The highest BCUT2D eigenvalue weighted by molar-refractivity contribution is 7.98. The van der Waals surface area contributed by atoms with Gasteiger partial charge in [-0.25, -0.2) is 13.1 Å². The molecule has 0 fully saturated rings. The second kappa shape index (κ2) is 12.0. The Morgan fingerprint density at radius 2 is 1.72 bits per heavy atom. The number of nitrogens with one attached hydrogen (secondary N) is 2. The summed E-state index contributed by atoms with van der Waals surface area (Å²) in [5.74, 6) is 0.417. The number of halogens is 1. The molecule has 0 aliphatic heterocycles. The fraction of sp³-hybridized carbons (Fsp3) is 0.160. The van der Waals surface area contributed by atoms with E-state index < -0.39 is 10.0 Å². The lowest BCUT2D eigenvalue weighted by Crippen LogP contribution is -2.25. The molecule has 3 aromatic carbocycles. The molecular formula is C25H23ClN4O3S3. The monoisotopic (exact) mass is 558 g/mol. The maximum absolute atomic E-state index is 12.9. The predicted molar refractivity (Wildman–Crippen MR) is 145 cm³/mol. The lowest BCUT2D eigenvalue weighted by atomic mass is 10.2. The third-order valence-corrected chi connectivity index (χ3v) is 8.86. The van der Waals surface area contributed by atoms with Crippen molar-refractivity contribution < 1.29 is 13.2 Å². The number of hydrogen-bond donors (Lipinski definition) is 2. The van der Waals surface area contributed by atoms with Gasteiger partial charge < -0.3 is 0 Å². The minimum atomic E-state index is -3.60. The average Bonchev–Trinajstić information content (AvgIpc) is 3.31. The number of carbonyl (C=O) groups is 1. The lowest BCUT2D eigenvalue weighted by Gasteiger charge is -2.08. The molecule has 4 aromatic rings. The lowest BCUT2D eigenvalue weighted by molar-refractivity contribution is 0.102. The second-order valence-corrected chi connectivity index (χ2v) is 12.1. The van der Waals surface area contributed by atoms with Crippen molar-refractivity contribution in [3.8, 4) is 0 Å². The summed E-state index contributed by atoms with van der Waals surface area (Å²) < 4.78 is 27.4. The normalized spacial score (nSPS) is 11.4. The molecule has 0 spiro atoms. The maximum atomic E-state index is 12.9. The largest absolute Gasteiger partial charge is 0.296 e. The zero-order valence-electron chi connectivity index (χ0n) is 19.3. The van der Waals surface area contributed by atoms with Crippen LogP contribution in [0.4, 0.5) is 5.13 Å². The van der Waals surface area contributed by atoms with E-state index in [2.05, 4.69) is 20.2 Å². The molecule has 4 rings (SSSR count). The van der Waals surface area contributed by atoms with Gasteiger partial charge in [0.15, 0.2) is 0 Å². The molecule has 0 unspecified atom stereocenters. The summed E-state index contributed by atoms with van der Waals surface area (Å²) in [4.78, 5) is 14.0. The van der Waals surface area contributed by atoms with Crippen LogP contribution < -0.4 is 10.0 Å². The van der Waals surface area contributed by atoms with Crippen molar-refractivity contribution >= 4 is 55.8 Å². The Labute approximate surface area is 223 Å². The maximum Gasteiger partial charge on any atom is 0.258 e. The Morgan fingerprint density at radius 1 is 1.00 bits per heavy atom. The molecule has 0 aliphatic carbocycles. The van der Waals surface area contributed by atoms with Gasteiger partial charge in [-0.05, 0) is 48.9 Å². The number of thioether (sulfide) groups is 1.